The Hall–Kier alpha value is -1.79. The summed E-state index contributed by atoms with van der Waals surface area (Å²) >= 11 is 0. The predicted molar refractivity (Wildman–Crippen MR) is 82.4 cm³/mol. The zero-order valence-electron chi connectivity index (χ0n) is 12.4. The molecule has 0 aliphatic heterocycles. The average Bonchev–Trinajstić information content (AvgIpc) is 2.96. The lowest BCUT2D eigenvalue weighted by Crippen LogP contribution is -2.29. The summed E-state index contributed by atoms with van der Waals surface area (Å²) in [6.07, 6.45) is 4.11. The van der Waals surface area contributed by atoms with Gasteiger partial charge in [-0.15, -0.1) is 0 Å². The van der Waals surface area contributed by atoms with Crippen molar-refractivity contribution in [2.45, 2.75) is 39.3 Å². The van der Waals surface area contributed by atoms with E-state index in [2.05, 4.69) is 18.9 Å². The maximum atomic E-state index is 9.03. The van der Waals surface area contributed by atoms with Gasteiger partial charge in [0.2, 0.25) is 0 Å². The molecule has 1 aromatic carbocycles. The average molecular weight is 288 g/mol. The number of hydrogen-bond acceptors (Lipinski definition) is 4. The van der Waals surface area contributed by atoms with E-state index >= 15 is 0 Å². The fraction of sp³-hybridized carbons (Fsp3) is 0.400. The number of benzene rings is 1. The molecule has 0 bridgehead atoms. The van der Waals surface area contributed by atoms with Crippen molar-refractivity contribution in [2.24, 2.45) is 0 Å². The Balaban J connectivity index is 1.93. The largest absolute Gasteiger partial charge is 0.488 e. The van der Waals surface area contributed by atoms with Crippen LogP contribution >= 0.6 is 0 Å². The normalized spacial score (nSPS) is 10.9. The van der Waals surface area contributed by atoms with E-state index in [4.69, 9.17) is 14.8 Å². The molecule has 0 fully saturated rings. The van der Waals surface area contributed by atoms with Crippen molar-refractivity contribution in [2.75, 3.05) is 0 Å². The molecule has 112 valence electrons. The fourth-order valence-electron chi connectivity index (χ4n) is 2.21. The van der Waals surface area contributed by atoms with Crippen molar-refractivity contribution < 1.29 is 14.8 Å². The van der Waals surface area contributed by atoms with Gasteiger partial charge in [-0.3, -0.25) is 4.68 Å². The molecule has 0 radical (unpaired) electrons. The van der Waals surface area contributed by atoms with Crippen LogP contribution in [0.15, 0.2) is 36.5 Å². The monoisotopic (exact) mass is 288 g/mol. The molecule has 0 unspecified atom stereocenters. The van der Waals surface area contributed by atoms with Crippen LogP contribution in [-0.2, 0) is 6.61 Å². The first kappa shape index (κ1) is 15.6. The minimum absolute atomic E-state index is 0.397. The SMILES string of the molecule is CCC(CC)n1ccc(COc2ccc(B(O)O)cc2)n1. The molecule has 0 aliphatic carbocycles. The van der Waals surface area contributed by atoms with Gasteiger partial charge in [0, 0.05) is 6.20 Å². The van der Waals surface area contributed by atoms with Crippen LogP contribution in [0.5, 0.6) is 5.75 Å². The van der Waals surface area contributed by atoms with E-state index in [0.29, 0.717) is 23.9 Å². The summed E-state index contributed by atoms with van der Waals surface area (Å²) in [6, 6.07) is 9.08. The molecule has 5 nitrogen and oxygen atoms in total. The molecule has 2 rings (SSSR count). The van der Waals surface area contributed by atoms with Gasteiger partial charge in [-0.05, 0) is 36.5 Å². The Bertz CT molecular complexity index is 550. The second-order valence-corrected chi connectivity index (χ2v) is 4.99. The highest BCUT2D eigenvalue weighted by Gasteiger charge is 2.11. The number of aromatic nitrogens is 2. The lowest BCUT2D eigenvalue weighted by molar-refractivity contribution is 0.297. The number of ether oxygens (including phenoxy) is 1. The van der Waals surface area contributed by atoms with E-state index in [9.17, 15) is 0 Å². The molecule has 0 spiro atoms. The number of hydrogen-bond donors (Lipinski definition) is 2. The van der Waals surface area contributed by atoms with Crippen molar-refractivity contribution in [1.29, 1.82) is 0 Å². The van der Waals surface area contributed by atoms with Gasteiger partial charge < -0.3 is 14.8 Å². The van der Waals surface area contributed by atoms with E-state index < -0.39 is 7.12 Å². The maximum Gasteiger partial charge on any atom is 0.488 e. The van der Waals surface area contributed by atoms with Crippen molar-refractivity contribution in [3.63, 3.8) is 0 Å². The smallest absolute Gasteiger partial charge is 0.487 e. The molecule has 0 aliphatic rings. The maximum absolute atomic E-state index is 9.03. The Morgan fingerprint density at radius 1 is 1.14 bits per heavy atom. The van der Waals surface area contributed by atoms with Crippen LogP contribution in [0.3, 0.4) is 0 Å². The van der Waals surface area contributed by atoms with E-state index in [-0.39, 0.29) is 0 Å². The molecule has 2 aromatic rings. The van der Waals surface area contributed by atoms with Gasteiger partial charge in [-0.1, -0.05) is 26.0 Å². The summed E-state index contributed by atoms with van der Waals surface area (Å²) in [5.41, 5.74) is 1.33. The van der Waals surface area contributed by atoms with Crippen LogP contribution in [0.1, 0.15) is 38.4 Å². The molecular formula is C15H21BN2O3. The van der Waals surface area contributed by atoms with Gasteiger partial charge in [0.05, 0.1) is 11.7 Å². The first-order valence-corrected chi connectivity index (χ1v) is 7.27. The summed E-state index contributed by atoms with van der Waals surface area (Å²) in [5, 5.41) is 22.6. The molecular weight excluding hydrogens is 267 g/mol. The second kappa shape index (κ2) is 7.29. The van der Waals surface area contributed by atoms with E-state index in [1.54, 1.807) is 24.3 Å². The Kier molecular flexibility index (Phi) is 5.41. The third kappa shape index (κ3) is 4.09. The highest BCUT2D eigenvalue weighted by Crippen LogP contribution is 2.15. The third-order valence-corrected chi connectivity index (χ3v) is 3.55. The lowest BCUT2D eigenvalue weighted by Gasteiger charge is -2.12. The van der Waals surface area contributed by atoms with Gasteiger partial charge in [0.15, 0.2) is 0 Å². The number of rotatable bonds is 7. The van der Waals surface area contributed by atoms with Crippen LogP contribution in [0.4, 0.5) is 0 Å². The fourth-order valence-corrected chi connectivity index (χ4v) is 2.21. The minimum atomic E-state index is -1.45. The molecule has 0 saturated heterocycles. The van der Waals surface area contributed by atoms with Gasteiger partial charge in [-0.25, -0.2) is 0 Å². The summed E-state index contributed by atoms with van der Waals surface area (Å²) in [5.74, 6) is 0.677. The van der Waals surface area contributed by atoms with Crippen molar-refractivity contribution in [3.05, 3.63) is 42.2 Å². The first-order chi connectivity index (χ1) is 10.1. The molecule has 0 amide bonds. The molecule has 0 saturated carbocycles. The highest BCUT2D eigenvalue weighted by molar-refractivity contribution is 6.58. The van der Waals surface area contributed by atoms with Crippen LogP contribution < -0.4 is 10.2 Å². The quantitative estimate of drug-likeness (QED) is 0.758. The zero-order chi connectivity index (χ0) is 15.2. The van der Waals surface area contributed by atoms with Crippen LogP contribution in [-0.4, -0.2) is 26.9 Å². The van der Waals surface area contributed by atoms with Crippen LogP contribution in [0.2, 0.25) is 0 Å². The number of nitrogens with zero attached hydrogens (tertiary/aromatic N) is 2. The standard InChI is InChI=1S/C15H21BN2O3/c1-3-14(4-2)18-10-9-13(17-18)11-21-15-7-5-12(6-8-15)16(19)20/h5-10,14,19-20H,3-4,11H2,1-2H3. The van der Waals surface area contributed by atoms with Gasteiger partial charge >= 0.3 is 7.12 Å². The molecule has 6 heteroatoms. The topological polar surface area (TPSA) is 67.5 Å². The lowest BCUT2D eigenvalue weighted by atomic mass is 9.80. The predicted octanol–water partition coefficient (Wildman–Crippen LogP) is 1.50. The zero-order valence-corrected chi connectivity index (χ0v) is 12.4. The second-order valence-electron chi connectivity index (χ2n) is 4.99. The Morgan fingerprint density at radius 2 is 1.81 bits per heavy atom. The summed E-state index contributed by atoms with van der Waals surface area (Å²) in [4.78, 5) is 0. The third-order valence-electron chi connectivity index (χ3n) is 3.55. The molecule has 2 N–H and O–H groups in total. The van der Waals surface area contributed by atoms with E-state index in [1.165, 1.54) is 0 Å². The summed E-state index contributed by atoms with van der Waals surface area (Å²) < 4.78 is 7.64. The highest BCUT2D eigenvalue weighted by atomic mass is 16.5. The van der Waals surface area contributed by atoms with Crippen LogP contribution in [0.25, 0.3) is 0 Å². The van der Waals surface area contributed by atoms with Gasteiger partial charge in [0.25, 0.3) is 0 Å². The van der Waals surface area contributed by atoms with Gasteiger partial charge in [0.1, 0.15) is 12.4 Å². The first-order valence-electron chi connectivity index (χ1n) is 7.27. The molecule has 0 atom stereocenters. The van der Waals surface area contributed by atoms with Gasteiger partial charge in [-0.2, -0.15) is 5.10 Å². The Labute approximate surface area is 125 Å². The van der Waals surface area contributed by atoms with Crippen molar-refractivity contribution >= 4 is 12.6 Å². The van der Waals surface area contributed by atoms with Crippen molar-refractivity contribution in [3.8, 4) is 5.75 Å². The van der Waals surface area contributed by atoms with Crippen molar-refractivity contribution in [1.82, 2.24) is 9.78 Å². The summed E-state index contributed by atoms with van der Waals surface area (Å²) in [6.45, 7) is 4.71. The van der Waals surface area contributed by atoms with E-state index in [0.717, 1.165) is 18.5 Å². The minimum Gasteiger partial charge on any atom is -0.487 e. The van der Waals surface area contributed by atoms with E-state index in [1.807, 2.05) is 16.9 Å². The summed E-state index contributed by atoms with van der Waals surface area (Å²) in [7, 11) is -1.45. The Morgan fingerprint density at radius 3 is 2.38 bits per heavy atom. The molecule has 1 aromatic heterocycles. The van der Waals surface area contributed by atoms with Crippen LogP contribution in [0, 0.1) is 0 Å². The molecule has 1 heterocycles. The molecule has 21 heavy (non-hydrogen) atoms.